The summed E-state index contributed by atoms with van der Waals surface area (Å²) in [6.07, 6.45) is 3.46. The van der Waals surface area contributed by atoms with E-state index in [0.717, 1.165) is 29.5 Å². The average molecular weight is 718 g/mol. The lowest BCUT2D eigenvalue weighted by atomic mass is 9.83. The van der Waals surface area contributed by atoms with Gasteiger partial charge < -0.3 is 29.0 Å². The van der Waals surface area contributed by atoms with E-state index in [1.807, 2.05) is 50.9 Å². The van der Waals surface area contributed by atoms with Crippen molar-refractivity contribution in [3.8, 4) is 0 Å². The number of benzene rings is 1. The first-order valence-corrected chi connectivity index (χ1v) is 18.0. The van der Waals surface area contributed by atoms with Crippen LogP contribution in [0, 0.1) is 12.8 Å². The van der Waals surface area contributed by atoms with Gasteiger partial charge in [0.25, 0.3) is 0 Å². The van der Waals surface area contributed by atoms with Crippen LogP contribution in [0.4, 0.5) is 10.5 Å². The molecule has 0 saturated carbocycles. The number of likely N-dealkylation sites (N-methyl/N-ethyl adjacent to an activating group) is 1. The zero-order chi connectivity index (χ0) is 37.3. The SMILES string of the molecule is CCC(C)(CC)N(C)[C@@H](C)C(=O)O[C@H]1CC(=O)N(C)c2cc(cc(C)c2Cl)C/C(C)=C/C=C/[C@@H](OC)[C@@]2(O)C[C@H](OC(=O)N2)[C@@H](C)[C@@H]2O[C@@]12C. The van der Waals surface area contributed by atoms with Crippen LogP contribution >= 0.6 is 11.6 Å². The quantitative estimate of drug-likeness (QED) is 0.263. The molecule has 2 N–H and O–H groups in total. The third-order valence-corrected chi connectivity index (χ3v) is 12.0. The number of halogens is 1. The highest BCUT2D eigenvalue weighted by Gasteiger charge is 2.64. The van der Waals surface area contributed by atoms with Crippen LogP contribution in [0.25, 0.3) is 0 Å². The fourth-order valence-electron chi connectivity index (χ4n) is 7.26. The summed E-state index contributed by atoms with van der Waals surface area (Å²) in [4.78, 5) is 44.4. The zero-order valence-corrected chi connectivity index (χ0v) is 32.2. The van der Waals surface area contributed by atoms with E-state index < -0.39 is 59.8 Å². The molecule has 2 fully saturated rings. The van der Waals surface area contributed by atoms with Gasteiger partial charge in [-0.3, -0.25) is 19.8 Å². The Bertz CT molecular complexity index is 1510. The molecule has 50 heavy (non-hydrogen) atoms. The lowest BCUT2D eigenvalue weighted by Gasteiger charge is -2.42. The smallest absolute Gasteiger partial charge is 0.409 e. The number of allylic oxidation sites excluding steroid dienone is 3. The third kappa shape index (κ3) is 8.07. The van der Waals surface area contributed by atoms with Gasteiger partial charge in [0.05, 0.1) is 23.2 Å². The second-order valence-corrected chi connectivity index (χ2v) is 15.2. The van der Waals surface area contributed by atoms with Crippen molar-refractivity contribution in [1.82, 2.24) is 10.2 Å². The molecule has 0 aromatic heterocycles. The first-order chi connectivity index (χ1) is 23.3. The molecular formula is C38H56ClN3O8. The van der Waals surface area contributed by atoms with Crippen LogP contribution in [0.3, 0.4) is 0 Å². The molecule has 4 bridgehead atoms. The number of esters is 1. The van der Waals surface area contributed by atoms with Crippen molar-refractivity contribution >= 4 is 35.3 Å². The number of hydrogen-bond donors (Lipinski definition) is 2. The van der Waals surface area contributed by atoms with Gasteiger partial charge in [0, 0.05) is 32.0 Å². The number of carbonyl (C=O) groups excluding carboxylic acids is 3. The molecule has 12 heteroatoms. The minimum absolute atomic E-state index is 0.00553. The van der Waals surface area contributed by atoms with E-state index >= 15 is 0 Å². The minimum atomic E-state index is -1.77. The lowest BCUT2D eigenvalue weighted by Crippen LogP contribution is -2.63. The van der Waals surface area contributed by atoms with Gasteiger partial charge in [-0.2, -0.15) is 0 Å². The second kappa shape index (κ2) is 15.3. The average Bonchev–Trinajstić information content (AvgIpc) is 3.77. The van der Waals surface area contributed by atoms with Crippen LogP contribution in [0.5, 0.6) is 0 Å². The summed E-state index contributed by atoms with van der Waals surface area (Å²) < 4.78 is 23.9. The number of amides is 2. The summed E-state index contributed by atoms with van der Waals surface area (Å²) >= 11 is 6.79. The molecule has 3 aliphatic heterocycles. The number of aryl methyl sites for hydroxylation is 1. The number of carbonyl (C=O) groups is 3. The fraction of sp³-hybridized carbons (Fsp3) is 0.658. The maximum Gasteiger partial charge on any atom is 0.409 e. The highest BCUT2D eigenvalue weighted by molar-refractivity contribution is 6.34. The third-order valence-electron chi connectivity index (χ3n) is 11.5. The van der Waals surface area contributed by atoms with E-state index in [2.05, 4.69) is 26.1 Å². The highest BCUT2D eigenvalue weighted by Crippen LogP contribution is 2.49. The van der Waals surface area contributed by atoms with Gasteiger partial charge in [-0.1, -0.05) is 62.2 Å². The van der Waals surface area contributed by atoms with Crippen LogP contribution in [-0.2, 0) is 35.0 Å². The van der Waals surface area contributed by atoms with Crippen molar-refractivity contribution in [1.29, 1.82) is 0 Å². The first-order valence-electron chi connectivity index (χ1n) is 17.6. The van der Waals surface area contributed by atoms with E-state index in [0.29, 0.717) is 17.1 Å². The van der Waals surface area contributed by atoms with E-state index in [4.69, 9.17) is 30.5 Å². The molecule has 3 heterocycles. The molecular weight excluding hydrogens is 662 g/mol. The molecule has 1 aromatic rings. The minimum Gasteiger partial charge on any atom is -0.457 e. The van der Waals surface area contributed by atoms with Crippen molar-refractivity contribution in [2.45, 2.75) is 135 Å². The van der Waals surface area contributed by atoms with Gasteiger partial charge in [0.2, 0.25) is 5.91 Å². The number of nitrogens with one attached hydrogen (secondary N) is 1. The van der Waals surface area contributed by atoms with Gasteiger partial charge in [-0.25, -0.2) is 4.79 Å². The molecule has 3 aliphatic rings. The largest absolute Gasteiger partial charge is 0.457 e. The number of ether oxygens (including phenoxy) is 4. The van der Waals surface area contributed by atoms with Gasteiger partial charge in [-0.15, -0.1) is 0 Å². The molecule has 0 radical (unpaired) electrons. The van der Waals surface area contributed by atoms with Gasteiger partial charge in [0.1, 0.15) is 30.0 Å². The van der Waals surface area contributed by atoms with Gasteiger partial charge in [-0.05, 0) is 78.1 Å². The molecule has 8 atom stereocenters. The highest BCUT2D eigenvalue weighted by atomic mass is 35.5. The number of hydrogen-bond acceptors (Lipinski definition) is 9. The van der Waals surface area contributed by atoms with Crippen molar-refractivity contribution in [3.63, 3.8) is 0 Å². The standard InChI is InChI=1S/C38H56ClN3O8/c1-12-36(7,13-2)42(10)25(6)34(44)49-30-20-31(43)41(9)27-19-26(18-23(4)32(27)39)17-22(3)15-14-16-29(47-11)38(46)21-28(48-35(45)40-38)24(5)33-37(30,8)50-33/h14-16,18-19,24-25,28-30,33,46H,12-13,17,20-21H2,1-11H3,(H,40,45)/b16-14+,22-15+/t24-,25+,28+,29-,30+,33+,37+,38+/m1/s1. The van der Waals surface area contributed by atoms with Gasteiger partial charge in [0.15, 0.2) is 5.72 Å². The predicted octanol–water partition coefficient (Wildman–Crippen LogP) is 5.87. The van der Waals surface area contributed by atoms with Crippen LogP contribution in [-0.4, -0.2) is 96.5 Å². The molecule has 0 spiro atoms. The van der Waals surface area contributed by atoms with Gasteiger partial charge >= 0.3 is 12.1 Å². The van der Waals surface area contributed by atoms with E-state index in [1.54, 1.807) is 33.0 Å². The van der Waals surface area contributed by atoms with E-state index in [-0.39, 0.29) is 24.3 Å². The summed E-state index contributed by atoms with van der Waals surface area (Å²) in [7, 11) is 5.04. The Labute approximate surface area is 302 Å². The van der Waals surface area contributed by atoms with E-state index in [9.17, 15) is 19.5 Å². The molecule has 4 rings (SSSR count). The van der Waals surface area contributed by atoms with Crippen molar-refractivity contribution in [2.24, 2.45) is 5.92 Å². The molecule has 2 amide bonds. The van der Waals surface area contributed by atoms with Crippen molar-refractivity contribution in [2.75, 3.05) is 26.1 Å². The fourth-order valence-corrected chi connectivity index (χ4v) is 7.49. The molecule has 1 aromatic carbocycles. The lowest BCUT2D eigenvalue weighted by molar-refractivity contribution is -0.161. The van der Waals surface area contributed by atoms with Crippen LogP contribution < -0.4 is 10.2 Å². The molecule has 2 saturated heterocycles. The van der Waals surface area contributed by atoms with Crippen molar-refractivity contribution in [3.05, 3.63) is 52.1 Å². The second-order valence-electron chi connectivity index (χ2n) is 14.8. The number of anilines is 1. The molecule has 0 unspecified atom stereocenters. The summed E-state index contributed by atoms with van der Waals surface area (Å²) in [6, 6.07) is 3.28. The number of nitrogens with zero attached hydrogens (tertiary/aromatic N) is 2. The Morgan fingerprint density at radius 1 is 1.26 bits per heavy atom. The summed E-state index contributed by atoms with van der Waals surface area (Å²) in [5.74, 6) is -1.23. The van der Waals surface area contributed by atoms with Crippen LogP contribution in [0.2, 0.25) is 5.02 Å². The number of methoxy groups -OCH3 is 1. The zero-order valence-electron chi connectivity index (χ0n) is 31.5. The molecule has 11 nitrogen and oxygen atoms in total. The molecule has 278 valence electrons. The Balaban J connectivity index is 1.77. The number of alkyl carbamates (subject to hydrolysis) is 1. The predicted molar refractivity (Wildman–Crippen MR) is 193 cm³/mol. The Kier molecular flexibility index (Phi) is 12.2. The topological polar surface area (TPSA) is 130 Å². The van der Waals surface area contributed by atoms with Crippen LogP contribution in [0.1, 0.15) is 85.3 Å². The summed E-state index contributed by atoms with van der Waals surface area (Å²) in [6.45, 7) is 15.6. The molecule has 0 aliphatic carbocycles. The maximum atomic E-state index is 14.1. The summed E-state index contributed by atoms with van der Waals surface area (Å²) in [5, 5.41) is 14.7. The number of rotatable bonds is 7. The first kappa shape index (κ1) is 39.8. The Morgan fingerprint density at radius 3 is 2.54 bits per heavy atom. The summed E-state index contributed by atoms with van der Waals surface area (Å²) in [5.41, 5.74) is 0.220. The van der Waals surface area contributed by atoms with Crippen molar-refractivity contribution < 1.29 is 38.4 Å². The Morgan fingerprint density at radius 2 is 1.92 bits per heavy atom. The number of epoxide rings is 1. The van der Waals surface area contributed by atoms with Crippen LogP contribution in [0.15, 0.2) is 35.9 Å². The normalized spacial score (nSPS) is 33.0. The Hall–Kier alpha value is -2.96. The monoisotopic (exact) mass is 717 g/mol. The number of aliphatic hydroxyl groups is 1. The maximum absolute atomic E-state index is 14.1. The number of fused-ring (bicyclic) bond motifs is 5. The van der Waals surface area contributed by atoms with E-state index in [1.165, 1.54) is 12.0 Å².